The van der Waals surface area contributed by atoms with E-state index in [1.165, 1.54) is 14.0 Å². The maximum Gasteiger partial charge on any atom is 0.311 e. The molecule has 1 aliphatic rings. The summed E-state index contributed by atoms with van der Waals surface area (Å²) < 4.78 is 19.3. The molecule has 0 heterocycles. The average molecular weight is 274 g/mol. The van der Waals surface area contributed by atoms with Crippen LogP contribution in [-0.4, -0.2) is 29.8 Å². The van der Waals surface area contributed by atoms with E-state index in [1.807, 2.05) is 0 Å². The molecule has 4 nitrogen and oxygen atoms in total. The van der Waals surface area contributed by atoms with E-state index in [9.17, 15) is 14.0 Å². The molecule has 19 heavy (non-hydrogen) atoms. The third-order valence-corrected chi connectivity index (χ3v) is 4.00. The zero-order chi connectivity index (χ0) is 14.5. The number of ether oxygens (including phenoxy) is 1. The number of carboxylic acid groups (broad SMARTS) is 1. The van der Waals surface area contributed by atoms with Crippen LogP contribution in [0.3, 0.4) is 0 Å². The van der Waals surface area contributed by atoms with Crippen LogP contribution in [-0.2, 0) is 14.3 Å². The van der Waals surface area contributed by atoms with Gasteiger partial charge in [0.15, 0.2) is 0 Å². The number of hydrogen-bond acceptors (Lipinski definition) is 3. The fourth-order valence-corrected chi connectivity index (χ4v) is 3.06. The average Bonchev–Trinajstić information content (AvgIpc) is 2.36. The van der Waals surface area contributed by atoms with Gasteiger partial charge < -0.3 is 9.84 Å². The molecule has 1 fully saturated rings. The monoisotopic (exact) mass is 274 g/mol. The zero-order valence-corrected chi connectivity index (χ0v) is 11.7. The highest BCUT2D eigenvalue weighted by Gasteiger charge is 2.46. The van der Waals surface area contributed by atoms with Gasteiger partial charge in [-0.15, -0.1) is 0 Å². The quantitative estimate of drug-likeness (QED) is 0.756. The first kappa shape index (κ1) is 15.9. The van der Waals surface area contributed by atoms with Crippen molar-refractivity contribution in [3.05, 3.63) is 0 Å². The van der Waals surface area contributed by atoms with Crippen LogP contribution in [0.15, 0.2) is 0 Å². The van der Waals surface area contributed by atoms with E-state index in [0.29, 0.717) is 12.8 Å². The van der Waals surface area contributed by atoms with Crippen LogP contribution >= 0.6 is 0 Å². The number of carboxylic acids is 1. The first-order valence-electron chi connectivity index (χ1n) is 6.80. The van der Waals surface area contributed by atoms with Gasteiger partial charge in [-0.25, -0.2) is 4.39 Å². The number of esters is 1. The molecule has 1 rings (SSSR count). The van der Waals surface area contributed by atoms with Crippen LogP contribution in [0.1, 0.15) is 58.3 Å². The zero-order valence-electron chi connectivity index (χ0n) is 11.7. The Balaban J connectivity index is 2.76. The van der Waals surface area contributed by atoms with Gasteiger partial charge in [0.2, 0.25) is 0 Å². The van der Waals surface area contributed by atoms with Gasteiger partial charge in [0.1, 0.15) is 5.67 Å². The van der Waals surface area contributed by atoms with E-state index >= 15 is 0 Å². The van der Waals surface area contributed by atoms with Gasteiger partial charge in [-0.05, 0) is 32.6 Å². The van der Waals surface area contributed by atoms with Gasteiger partial charge in [0.25, 0.3) is 0 Å². The second-order valence-electron chi connectivity index (χ2n) is 5.82. The van der Waals surface area contributed by atoms with Crippen LogP contribution < -0.4 is 0 Å². The van der Waals surface area contributed by atoms with E-state index in [2.05, 4.69) is 0 Å². The Morgan fingerprint density at radius 1 is 1.32 bits per heavy atom. The summed E-state index contributed by atoms with van der Waals surface area (Å²) in [7, 11) is 1.32. The van der Waals surface area contributed by atoms with Crippen molar-refractivity contribution in [2.24, 2.45) is 5.41 Å². The predicted octanol–water partition coefficient (Wildman–Crippen LogP) is 3.09. The molecule has 5 heteroatoms. The second-order valence-corrected chi connectivity index (χ2v) is 5.82. The van der Waals surface area contributed by atoms with E-state index in [1.54, 1.807) is 0 Å². The Morgan fingerprint density at radius 3 is 2.37 bits per heavy atom. The maximum absolute atomic E-state index is 14.5. The number of carbonyl (C=O) groups is 2. The number of halogens is 1. The summed E-state index contributed by atoms with van der Waals surface area (Å²) in [5, 5.41) is 8.64. The molecule has 110 valence electrons. The molecule has 0 aliphatic heterocycles. The highest BCUT2D eigenvalue weighted by atomic mass is 19.1. The lowest BCUT2D eigenvalue weighted by atomic mass is 9.68. The molecular weight excluding hydrogens is 251 g/mol. The fraction of sp³-hybridized carbons (Fsp3) is 0.857. The number of rotatable bonds is 6. The minimum absolute atomic E-state index is 0.0555. The fourth-order valence-electron chi connectivity index (χ4n) is 3.06. The van der Waals surface area contributed by atoms with Crippen molar-refractivity contribution in [2.45, 2.75) is 64.0 Å². The SMILES string of the molecule is COC(=O)C1(CC(C)(F)CCC(=O)O)CCCCC1. The van der Waals surface area contributed by atoms with Crippen molar-refractivity contribution in [1.29, 1.82) is 0 Å². The van der Waals surface area contributed by atoms with E-state index in [4.69, 9.17) is 9.84 Å². The standard InChI is InChI=1S/C14H23FO4/c1-13(15,9-6-11(16)17)10-14(12(18)19-2)7-4-3-5-8-14/h3-10H2,1-2H3,(H,16,17). The van der Waals surface area contributed by atoms with E-state index in [0.717, 1.165) is 19.3 Å². The largest absolute Gasteiger partial charge is 0.481 e. The molecule has 0 saturated heterocycles. The third-order valence-electron chi connectivity index (χ3n) is 4.00. The van der Waals surface area contributed by atoms with E-state index in [-0.39, 0.29) is 25.2 Å². The Labute approximate surface area is 113 Å². The molecule has 0 spiro atoms. The van der Waals surface area contributed by atoms with Crippen molar-refractivity contribution in [2.75, 3.05) is 7.11 Å². The molecule has 1 atom stereocenters. The smallest absolute Gasteiger partial charge is 0.311 e. The summed E-state index contributed by atoms with van der Waals surface area (Å²) in [5.74, 6) is -1.37. The number of carbonyl (C=O) groups excluding carboxylic acids is 1. The van der Waals surface area contributed by atoms with Gasteiger partial charge in [0.05, 0.1) is 12.5 Å². The second kappa shape index (κ2) is 6.35. The Morgan fingerprint density at radius 2 is 1.89 bits per heavy atom. The molecule has 0 bridgehead atoms. The Bertz CT molecular complexity index is 332. The molecule has 1 saturated carbocycles. The molecule has 1 unspecified atom stereocenters. The molecule has 0 aromatic heterocycles. The van der Waals surface area contributed by atoms with Crippen molar-refractivity contribution < 1.29 is 23.8 Å². The van der Waals surface area contributed by atoms with Crippen molar-refractivity contribution >= 4 is 11.9 Å². The first-order chi connectivity index (χ1) is 8.81. The molecule has 1 N–H and O–H groups in total. The van der Waals surface area contributed by atoms with Gasteiger partial charge in [-0.3, -0.25) is 9.59 Å². The lowest BCUT2D eigenvalue weighted by molar-refractivity contribution is -0.158. The normalized spacial score (nSPS) is 21.4. The third kappa shape index (κ3) is 4.48. The minimum atomic E-state index is -1.65. The summed E-state index contributed by atoms with van der Waals surface area (Å²) in [4.78, 5) is 22.5. The van der Waals surface area contributed by atoms with Gasteiger partial charge in [0, 0.05) is 6.42 Å². The van der Waals surface area contributed by atoms with Gasteiger partial charge in [-0.1, -0.05) is 19.3 Å². The van der Waals surface area contributed by atoms with Crippen LogP contribution in [0.5, 0.6) is 0 Å². The van der Waals surface area contributed by atoms with Gasteiger partial charge >= 0.3 is 11.9 Å². The van der Waals surface area contributed by atoms with Gasteiger partial charge in [-0.2, -0.15) is 0 Å². The number of methoxy groups -OCH3 is 1. The van der Waals surface area contributed by atoms with Crippen LogP contribution in [0.25, 0.3) is 0 Å². The molecule has 0 radical (unpaired) electrons. The topological polar surface area (TPSA) is 63.6 Å². The van der Waals surface area contributed by atoms with Crippen molar-refractivity contribution in [1.82, 2.24) is 0 Å². The Kier molecular flexibility index (Phi) is 5.32. The lowest BCUT2D eigenvalue weighted by Gasteiger charge is -2.38. The molecule has 0 amide bonds. The van der Waals surface area contributed by atoms with Crippen LogP contribution in [0, 0.1) is 5.41 Å². The van der Waals surface area contributed by atoms with Crippen molar-refractivity contribution in [3.8, 4) is 0 Å². The number of alkyl halides is 1. The summed E-state index contributed by atoms with van der Waals surface area (Å²) in [5.41, 5.74) is -2.42. The molecule has 0 aromatic rings. The number of aliphatic carboxylic acids is 1. The van der Waals surface area contributed by atoms with Crippen LogP contribution in [0.2, 0.25) is 0 Å². The molecular formula is C14H23FO4. The first-order valence-corrected chi connectivity index (χ1v) is 6.80. The predicted molar refractivity (Wildman–Crippen MR) is 68.5 cm³/mol. The number of hydrogen-bond donors (Lipinski definition) is 1. The van der Waals surface area contributed by atoms with Crippen molar-refractivity contribution in [3.63, 3.8) is 0 Å². The summed E-state index contributed by atoms with van der Waals surface area (Å²) >= 11 is 0. The minimum Gasteiger partial charge on any atom is -0.481 e. The molecule has 1 aliphatic carbocycles. The van der Waals surface area contributed by atoms with Crippen LogP contribution in [0.4, 0.5) is 4.39 Å². The summed E-state index contributed by atoms with van der Waals surface area (Å²) in [6.45, 7) is 1.38. The summed E-state index contributed by atoms with van der Waals surface area (Å²) in [6, 6.07) is 0. The maximum atomic E-state index is 14.5. The lowest BCUT2D eigenvalue weighted by Crippen LogP contribution is -2.40. The summed E-state index contributed by atoms with van der Waals surface area (Å²) in [6.07, 6.45) is 3.87. The highest BCUT2D eigenvalue weighted by Crippen LogP contribution is 2.45. The van der Waals surface area contributed by atoms with E-state index < -0.39 is 17.1 Å². The molecule has 0 aromatic carbocycles. The Hall–Kier alpha value is -1.13. The highest BCUT2D eigenvalue weighted by molar-refractivity contribution is 5.77.